The normalized spacial score (nSPS) is 13.9. The standard InChI is InChI=1S/C23H14BrFO4/c1-13-19(29-23(27)16-7-2-3-8-18(16)24)10-9-17-21(26)20(28-22(13)17)12-14-5-4-6-15(25)11-14/h2-12H,1H3/b20-12-. The van der Waals surface area contributed by atoms with Crippen LogP contribution >= 0.6 is 15.9 Å². The third-order valence-electron chi connectivity index (χ3n) is 4.48. The van der Waals surface area contributed by atoms with E-state index < -0.39 is 11.8 Å². The Kier molecular flexibility index (Phi) is 5.03. The molecule has 0 aromatic heterocycles. The molecule has 3 aromatic rings. The summed E-state index contributed by atoms with van der Waals surface area (Å²) in [5.41, 5.74) is 1.79. The van der Waals surface area contributed by atoms with Gasteiger partial charge in [0, 0.05) is 10.0 Å². The van der Waals surface area contributed by atoms with Crippen molar-refractivity contribution in [1.29, 1.82) is 0 Å². The number of hydrogen-bond donors (Lipinski definition) is 0. The molecule has 0 spiro atoms. The quantitative estimate of drug-likeness (QED) is 0.289. The predicted molar refractivity (Wildman–Crippen MR) is 110 cm³/mol. The van der Waals surface area contributed by atoms with Crippen molar-refractivity contribution in [2.45, 2.75) is 6.92 Å². The summed E-state index contributed by atoms with van der Waals surface area (Å²) in [7, 11) is 0. The van der Waals surface area contributed by atoms with Crippen molar-refractivity contribution in [3.63, 3.8) is 0 Å². The molecule has 0 radical (unpaired) electrons. The molecule has 0 unspecified atom stereocenters. The minimum absolute atomic E-state index is 0.0861. The van der Waals surface area contributed by atoms with Crippen LogP contribution in [0.25, 0.3) is 6.08 Å². The van der Waals surface area contributed by atoms with Crippen LogP contribution in [-0.2, 0) is 0 Å². The van der Waals surface area contributed by atoms with Gasteiger partial charge in [0.25, 0.3) is 0 Å². The number of carbonyl (C=O) groups is 2. The lowest BCUT2D eigenvalue weighted by Gasteiger charge is -2.10. The molecule has 4 nitrogen and oxygen atoms in total. The van der Waals surface area contributed by atoms with Gasteiger partial charge >= 0.3 is 5.97 Å². The smallest absolute Gasteiger partial charge is 0.344 e. The maximum atomic E-state index is 13.4. The van der Waals surface area contributed by atoms with Crippen molar-refractivity contribution in [2.75, 3.05) is 0 Å². The Bertz CT molecular complexity index is 1180. The number of hydrogen-bond acceptors (Lipinski definition) is 4. The summed E-state index contributed by atoms with van der Waals surface area (Å²) in [6.07, 6.45) is 1.48. The SMILES string of the molecule is Cc1c(OC(=O)c2ccccc2Br)ccc2c1O/C(=C\c1cccc(F)c1)C2=O. The van der Waals surface area contributed by atoms with Crippen molar-refractivity contribution in [3.8, 4) is 11.5 Å². The Labute approximate surface area is 174 Å². The van der Waals surface area contributed by atoms with E-state index in [4.69, 9.17) is 9.47 Å². The third-order valence-corrected chi connectivity index (χ3v) is 5.17. The highest BCUT2D eigenvalue weighted by atomic mass is 79.9. The fourth-order valence-electron chi connectivity index (χ4n) is 3.01. The number of ketones is 1. The lowest BCUT2D eigenvalue weighted by Crippen LogP contribution is -2.10. The van der Waals surface area contributed by atoms with Gasteiger partial charge in [0.1, 0.15) is 17.3 Å². The third kappa shape index (κ3) is 3.71. The van der Waals surface area contributed by atoms with E-state index >= 15 is 0 Å². The molecule has 0 saturated carbocycles. The molecule has 0 amide bonds. The Morgan fingerprint density at radius 3 is 2.66 bits per heavy atom. The molecular weight excluding hydrogens is 439 g/mol. The highest BCUT2D eigenvalue weighted by molar-refractivity contribution is 9.10. The summed E-state index contributed by atoms with van der Waals surface area (Å²) in [5.74, 6) is -0.529. The topological polar surface area (TPSA) is 52.6 Å². The zero-order valence-corrected chi connectivity index (χ0v) is 16.8. The van der Waals surface area contributed by atoms with E-state index in [1.54, 1.807) is 55.5 Å². The van der Waals surface area contributed by atoms with Gasteiger partial charge in [-0.15, -0.1) is 0 Å². The van der Waals surface area contributed by atoms with Crippen LogP contribution in [0.4, 0.5) is 4.39 Å². The molecule has 0 aliphatic carbocycles. The molecule has 0 fully saturated rings. The largest absolute Gasteiger partial charge is 0.452 e. The van der Waals surface area contributed by atoms with Gasteiger partial charge < -0.3 is 9.47 Å². The Balaban J connectivity index is 1.63. The van der Waals surface area contributed by atoms with Crippen LogP contribution in [0.1, 0.15) is 31.8 Å². The molecule has 0 bridgehead atoms. The lowest BCUT2D eigenvalue weighted by atomic mass is 10.1. The Morgan fingerprint density at radius 2 is 1.90 bits per heavy atom. The van der Waals surface area contributed by atoms with Gasteiger partial charge in [-0.25, -0.2) is 9.18 Å². The van der Waals surface area contributed by atoms with Gasteiger partial charge in [-0.05, 0) is 70.9 Å². The first-order chi connectivity index (χ1) is 13.9. The molecule has 3 aromatic carbocycles. The summed E-state index contributed by atoms with van der Waals surface area (Å²) in [4.78, 5) is 25.1. The van der Waals surface area contributed by atoms with Crippen LogP contribution in [-0.4, -0.2) is 11.8 Å². The molecule has 1 aliphatic heterocycles. The fourth-order valence-corrected chi connectivity index (χ4v) is 3.45. The van der Waals surface area contributed by atoms with E-state index in [-0.39, 0.29) is 11.5 Å². The summed E-state index contributed by atoms with van der Waals surface area (Å²) in [6.45, 7) is 1.71. The van der Waals surface area contributed by atoms with E-state index in [0.717, 1.165) is 0 Å². The van der Waals surface area contributed by atoms with E-state index in [0.29, 0.717) is 38.2 Å². The number of rotatable bonds is 3. The Morgan fingerprint density at radius 1 is 1.10 bits per heavy atom. The first-order valence-electron chi connectivity index (χ1n) is 8.74. The van der Waals surface area contributed by atoms with Gasteiger partial charge in [0.05, 0.1) is 11.1 Å². The molecule has 0 atom stereocenters. The van der Waals surface area contributed by atoms with Gasteiger partial charge in [-0.2, -0.15) is 0 Å². The summed E-state index contributed by atoms with van der Waals surface area (Å²) >= 11 is 3.33. The minimum Gasteiger partial charge on any atom is -0.452 e. The maximum absolute atomic E-state index is 13.4. The number of carbonyl (C=O) groups excluding carboxylic acids is 2. The second kappa shape index (κ2) is 7.64. The molecule has 6 heteroatoms. The second-order valence-corrected chi connectivity index (χ2v) is 7.28. The van der Waals surface area contributed by atoms with Crippen molar-refractivity contribution < 1.29 is 23.5 Å². The molecule has 1 aliphatic rings. The molecule has 4 rings (SSSR count). The average Bonchev–Trinajstić information content (AvgIpc) is 3.01. The number of halogens is 2. The van der Waals surface area contributed by atoms with Crippen molar-refractivity contribution in [3.05, 3.63) is 99.0 Å². The summed E-state index contributed by atoms with van der Waals surface area (Å²) in [6, 6.07) is 15.9. The van der Waals surface area contributed by atoms with Crippen molar-refractivity contribution >= 4 is 33.8 Å². The van der Waals surface area contributed by atoms with E-state index in [1.165, 1.54) is 18.2 Å². The number of ether oxygens (including phenoxy) is 2. The highest BCUT2D eigenvalue weighted by Crippen LogP contribution is 2.39. The van der Waals surface area contributed by atoms with Crippen molar-refractivity contribution in [2.24, 2.45) is 0 Å². The van der Waals surface area contributed by atoms with Crippen LogP contribution in [0.5, 0.6) is 11.5 Å². The van der Waals surface area contributed by atoms with Crippen LogP contribution in [0.2, 0.25) is 0 Å². The number of benzene rings is 3. The maximum Gasteiger partial charge on any atom is 0.344 e. The first-order valence-corrected chi connectivity index (χ1v) is 9.53. The average molecular weight is 453 g/mol. The number of Topliss-reactive ketones (excluding diaryl/α,β-unsaturated/α-hetero) is 1. The second-order valence-electron chi connectivity index (χ2n) is 6.43. The Hall–Kier alpha value is -3.25. The number of fused-ring (bicyclic) bond motifs is 1. The number of esters is 1. The van der Waals surface area contributed by atoms with Crippen LogP contribution in [0, 0.1) is 12.7 Å². The molecule has 29 heavy (non-hydrogen) atoms. The van der Waals surface area contributed by atoms with Gasteiger partial charge in [0.15, 0.2) is 5.76 Å². The van der Waals surface area contributed by atoms with Gasteiger partial charge in [0.2, 0.25) is 5.78 Å². The summed E-state index contributed by atoms with van der Waals surface area (Å²) < 4.78 is 25.3. The van der Waals surface area contributed by atoms with Gasteiger partial charge in [-0.1, -0.05) is 24.3 Å². The highest BCUT2D eigenvalue weighted by Gasteiger charge is 2.30. The zero-order chi connectivity index (χ0) is 20.5. The van der Waals surface area contributed by atoms with Gasteiger partial charge in [-0.3, -0.25) is 4.79 Å². The first kappa shape index (κ1) is 19.1. The number of allylic oxidation sites excluding steroid dienone is 1. The monoisotopic (exact) mass is 452 g/mol. The molecule has 0 saturated heterocycles. The van der Waals surface area contributed by atoms with E-state index in [2.05, 4.69) is 15.9 Å². The van der Waals surface area contributed by atoms with Crippen LogP contribution < -0.4 is 9.47 Å². The molecule has 144 valence electrons. The fraction of sp³-hybridized carbons (Fsp3) is 0.0435. The zero-order valence-electron chi connectivity index (χ0n) is 15.2. The lowest BCUT2D eigenvalue weighted by molar-refractivity contribution is 0.0732. The van der Waals surface area contributed by atoms with Crippen molar-refractivity contribution in [1.82, 2.24) is 0 Å². The van der Waals surface area contributed by atoms with E-state index in [9.17, 15) is 14.0 Å². The van der Waals surface area contributed by atoms with Crippen LogP contribution in [0.3, 0.4) is 0 Å². The van der Waals surface area contributed by atoms with Crippen LogP contribution in [0.15, 0.2) is 70.9 Å². The molecule has 1 heterocycles. The summed E-state index contributed by atoms with van der Waals surface area (Å²) in [5, 5.41) is 0. The molecular formula is C23H14BrFO4. The minimum atomic E-state index is -0.527. The van der Waals surface area contributed by atoms with E-state index in [1.807, 2.05) is 0 Å². The predicted octanol–water partition coefficient (Wildman–Crippen LogP) is 5.73. The molecule has 0 N–H and O–H groups in total.